The lowest BCUT2D eigenvalue weighted by molar-refractivity contribution is 0.0793. The summed E-state index contributed by atoms with van der Waals surface area (Å²) >= 11 is 1.93. The van der Waals surface area contributed by atoms with Crippen LogP contribution in [0.1, 0.15) is 32.3 Å². The molecule has 1 saturated heterocycles. The third kappa shape index (κ3) is 6.09. The van der Waals surface area contributed by atoms with Gasteiger partial charge in [0.2, 0.25) is 0 Å². The van der Waals surface area contributed by atoms with Crippen LogP contribution in [0.3, 0.4) is 0 Å². The van der Waals surface area contributed by atoms with Crippen molar-refractivity contribution in [3.8, 4) is 5.75 Å². The molecule has 1 fully saturated rings. The van der Waals surface area contributed by atoms with E-state index in [0.29, 0.717) is 6.61 Å². The van der Waals surface area contributed by atoms with Crippen LogP contribution in [0.15, 0.2) is 29.3 Å². The van der Waals surface area contributed by atoms with Crippen LogP contribution in [0.5, 0.6) is 5.75 Å². The first-order valence-corrected chi connectivity index (χ1v) is 10.7. The van der Waals surface area contributed by atoms with Crippen molar-refractivity contribution in [2.75, 3.05) is 46.2 Å². The van der Waals surface area contributed by atoms with E-state index in [1.54, 1.807) is 0 Å². The second-order valence-corrected chi connectivity index (χ2v) is 7.88. The van der Waals surface area contributed by atoms with Gasteiger partial charge in [-0.05, 0) is 50.6 Å². The molecule has 0 aliphatic carbocycles. The highest BCUT2D eigenvalue weighted by atomic mass is 32.2. The summed E-state index contributed by atoms with van der Waals surface area (Å²) in [5.41, 5.74) is 1.24. The second kappa shape index (κ2) is 10.7. The van der Waals surface area contributed by atoms with E-state index in [1.807, 2.05) is 30.8 Å². The summed E-state index contributed by atoms with van der Waals surface area (Å²) in [5, 5.41) is 3.43. The number of nitrogens with one attached hydrogen (secondary N) is 1. The fourth-order valence-corrected chi connectivity index (χ4v) is 3.83. The van der Waals surface area contributed by atoms with Gasteiger partial charge < -0.3 is 19.7 Å². The van der Waals surface area contributed by atoms with Gasteiger partial charge in [0.25, 0.3) is 0 Å². The highest BCUT2D eigenvalue weighted by Gasteiger charge is 2.31. The highest BCUT2D eigenvalue weighted by Crippen LogP contribution is 2.34. The van der Waals surface area contributed by atoms with E-state index in [9.17, 15) is 0 Å². The number of ether oxygens (including phenoxy) is 2. The largest absolute Gasteiger partial charge is 0.494 e. The maximum Gasteiger partial charge on any atom is 0.194 e. The Bertz CT molecular complexity index is 557. The Hall–Kier alpha value is -1.40. The third-order valence-corrected chi connectivity index (χ3v) is 6.11. The van der Waals surface area contributed by atoms with Gasteiger partial charge in [0.15, 0.2) is 5.96 Å². The number of benzene rings is 1. The molecule has 5 nitrogen and oxygen atoms in total. The predicted molar refractivity (Wildman–Crippen MR) is 111 cm³/mol. The standard InChI is InChI=1S/C20H33N3O2S/c1-5-21-19(22-16-20(26-4)11-13-24-14-12-20)23(3)15-17-7-9-18(10-8-17)25-6-2/h7-10H,5-6,11-16H2,1-4H3,(H,21,22). The lowest BCUT2D eigenvalue weighted by Crippen LogP contribution is -2.41. The molecule has 26 heavy (non-hydrogen) atoms. The molecule has 2 rings (SSSR count). The molecular weight excluding hydrogens is 346 g/mol. The molecule has 0 radical (unpaired) electrons. The van der Waals surface area contributed by atoms with E-state index in [2.05, 4.69) is 42.6 Å². The average molecular weight is 380 g/mol. The first-order chi connectivity index (χ1) is 12.6. The maximum atomic E-state index is 5.54. The molecule has 1 aromatic carbocycles. The molecule has 1 aliphatic heterocycles. The van der Waals surface area contributed by atoms with E-state index in [-0.39, 0.29) is 4.75 Å². The van der Waals surface area contributed by atoms with Crippen LogP contribution >= 0.6 is 11.8 Å². The van der Waals surface area contributed by atoms with Crippen LogP contribution < -0.4 is 10.1 Å². The molecule has 0 spiro atoms. The van der Waals surface area contributed by atoms with E-state index in [4.69, 9.17) is 14.5 Å². The van der Waals surface area contributed by atoms with Crippen molar-refractivity contribution in [2.45, 2.75) is 38.0 Å². The van der Waals surface area contributed by atoms with Crippen LogP contribution in [0.4, 0.5) is 0 Å². The topological polar surface area (TPSA) is 46.1 Å². The molecule has 1 heterocycles. The molecule has 146 valence electrons. The smallest absolute Gasteiger partial charge is 0.194 e. The predicted octanol–water partition coefficient (Wildman–Crippen LogP) is 3.39. The summed E-state index contributed by atoms with van der Waals surface area (Å²) in [7, 11) is 2.09. The molecule has 0 unspecified atom stereocenters. The molecule has 6 heteroatoms. The van der Waals surface area contributed by atoms with Gasteiger partial charge in [-0.15, -0.1) is 0 Å². The first kappa shape index (κ1) is 20.9. The van der Waals surface area contributed by atoms with E-state index >= 15 is 0 Å². The average Bonchev–Trinajstić information content (AvgIpc) is 2.67. The fraction of sp³-hybridized carbons (Fsp3) is 0.650. The summed E-state index contributed by atoms with van der Waals surface area (Å²) in [4.78, 5) is 7.14. The Morgan fingerprint density at radius 1 is 1.27 bits per heavy atom. The number of nitrogens with zero attached hydrogens (tertiary/aromatic N) is 2. The number of hydrogen-bond acceptors (Lipinski definition) is 4. The molecule has 1 N–H and O–H groups in total. The molecule has 0 bridgehead atoms. The minimum absolute atomic E-state index is 0.207. The van der Waals surface area contributed by atoms with Crippen molar-refractivity contribution >= 4 is 17.7 Å². The van der Waals surface area contributed by atoms with Gasteiger partial charge in [0, 0.05) is 38.1 Å². The molecular formula is C20H33N3O2S. The van der Waals surface area contributed by atoms with Crippen molar-refractivity contribution < 1.29 is 9.47 Å². The first-order valence-electron chi connectivity index (χ1n) is 9.46. The number of hydrogen-bond donors (Lipinski definition) is 1. The quantitative estimate of drug-likeness (QED) is 0.554. The van der Waals surface area contributed by atoms with Crippen LogP contribution in [0.25, 0.3) is 0 Å². The summed E-state index contributed by atoms with van der Waals surface area (Å²) in [5.74, 6) is 1.88. The van der Waals surface area contributed by atoms with Crippen molar-refractivity contribution in [3.05, 3.63) is 29.8 Å². The zero-order valence-corrected chi connectivity index (χ0v) is 17.4. The van der Waals surface area contributed by atoms with E-state index in [1.165, 1.54) is 5.56 Å². The molecule has 0 atom stereocenters. The van der Waals surface area contributed by atoms with E-state index in [0.717, 1.165) is 57.4 Å². The number of aliphatic imine (C=N–C) groups is 1. The summed E-state index contributed by atoms with van der Waals surface area (Å²) in [6.07, 6.45) is 4.33. The zero-order valence-electron chi connectivity index (χ0n) is 16.6. The van der Waals surface area contributed by atoms with Gasteiger partial charge in [-0.1, -0.05) is 12.1 Å². The van der Waals surface area contributed by atoms with Crippen LogP contribution in [-0.4, -0.2) is 61.8 Å². The summed E-state index contributed by atoms with van der Waals surface area (Å²) in [6.45, 7) is 8.99. The Morgan fingerprint density at radius 3 is 2.54 bits per heavy atom. The van der Waals surface area contributed by atoms with Crippen LogP contribution in [0, 0.1) is 0 Å². The van der Waals surface area contributed by atoms with Gasteiger partial charge in [0.1, 0.15) is 5.75 Å². The second-order valence-electron chi connectivity index (χ2n) is 6.60. The maximum absolute atomic E-state index is 5.54. The minimum Gasteiger partial charge on any atom is -0.494 e. The van der Waals surface area contributed by atoms with Crippen molar-refractivity contribution in [3.63, 3.8) is 0 Å². The van der Waals surface area contributed by atoms with Gasteiger partial charge in [-0.3, -0.25) is 4.99 Å². The number of thioether (sulfide) groups is 1. The van der Waals surface area contributed by atoms with E-state index < -0.39 is 0 Å². The van der Waals surface area contributed by atoms with Gasteiger partial charge >= 0.3 is 0 Å². The van der Waals surface area contributed by atoms with Gasteiger partial charge in [0.05, 0.1) is 13.2 Å². The van der Waals surface area contributed by atoms with Crippen molar-refractivity contribution in [1.29, 1.82) is 0 Å². The Labute approximate surface area is 162 Å². The number of guanidine groups is 1. The Kier molecular flexibility index (Phi) is 8.59. The number of rotatable bonds is 8. The fourth-order valence-electron chi connectivity index (χ4n) is 3.07. The summed E-state index contributed by atoms with van der Waals surface area (Å²) in [6, 6.07) is 8.29. The van der Waals surface area contributed by atoms with Gasteiger partial charge in [-0.25, -0.2) is 0 Å². The highest BCUT2D eigenvalue weighted by molar-refractivity contribution is 8.00. The van der Waals surface area contributed by atoms with Crippen molar-refractivity contribution in [2.24, 2.45) is 4.99 Å². The SMILES string of the molecule is CCNC(=NCC1(SC)CCOCC1)N(C)Cc1ccc(OCC)cc1. The third-order valence-electron chi connectivity index (χ3n) is 4.70. The summed E-state index contributed by atoms with van der Waals surface area (Å²) < 4.78 is 11.3. The molecule has 1 aromatic rings. The molecule has 0 aromatic heterocycles. The molecule has 0 amide bonds. The van der Waals surface area contributed by atoms with Crippen molar-refractivity contribution in [1.82, 2.24) is 10.2 Å². The lowest BCUT2D eigenvalue weighted by Gasteiger charge is -2.34. The zero-order chi connectivity index (χ0) is 18.8. The Balaban J connectivity index is 2.02. The van der Waals surface area contributed by atoms with Gasteiger partial charge in [-0.2, -0.15) is 11.8 Å². The van der Waals surface area contributed by atoms with Crippen LogP contribution in [0.2, 0.25) is 0 Å². The Morgan fingerprint density at radius 2 is 1.96 bits per heavy atom. The van der Waals surface area contributed by atoms with Crippen LogP contribution in [-0.2, 0) is 11.3 Å². The molecule has 0 saturated carbocycles. The normalized spacial score (nSPS) is 17.0. The lowest BCUT2D eigenvalue weighted by atomic mass is 9.99. The minimum atomic E-state index is 0.207. The monoisotopic (exact) mass is 379 g/mol. The molecule has 1 aliphatic rings.